The Kier molecular flexibility index (Phi) is 4.12. The van der Waals surface area contributed by atoms with Gasteiger partial charge in [0.05, 0.1) is 23.3 Å². The largest absolute Gasteiger partial charge is 0.324 e. The molecule has 0 atom stereocenters. The van der Waals surface area contributed by atoms with Crippen LogP contribution in [0.4, 0.5) is 5.69 Å². The van der Waals surface area contributed by atoms with Crippen LogP contribution in [0.5, 0.6) is 0 Å². The summed E-state index contributed by atoms with van der Waals surface area (Å²) in [6, 6.07) is 3.97. The molecule has 112 valence electrons. The number of imidazole rings is 1. The van der Waals surface area contributed by atoms with Crippen molar-refractivity contribution in [2.45, 2.75) is 31.7 Å². The first-order valence-electron chi connectivity index (χ1n) is 7.06. The van der Waals surface area contributed by atoms with Gasteiger partial charge in [-0.25, -0.2) is 4.79 Å². The molecule has 1 fully saturated rings. The fourth-order valence-corrected chi connectivity index (χ4v) is 3.16. The van der Waals surface area contributed by atoms with Gasteiger partial charge in [-0.15, -0.1) is 0 Å². The smallest absolute Gasteiger partial charge is 0.323 e. The van der Waals surface area contributed by atoms with Crippen LogP contribution >= 0.6 is 15.9 Å². The van der Waals surface area contributed by atoms with Crippen molar-refractivity contribution in [1.82, 2.24) is 15.3 Å². The molecule has 0 aliphatic heterocycles. The summed E-state index contributed by atoms with van der Waals surface area (Å²) < 4.78 is 0.736. The Labute approximate surface area is 129 Å². The molecule has 7 heteroatoms. The van der Waals surface area contributed by atoms with Gasteiger partial charge in [-0.3, -0.25) is 4.79 Å². The maximum atomic E-state index is 12.0. The van der Waals surface area contributed by atoms with Gasteiger partial charge in [-0.05, 0) is 40.9 Å². The highest BCUT2D eigenvalue weighted by molar-refractivity contribution is 9.10. The zero-order valence-electron chi connectivity index (χ0n) is 11.5. The Hall–Kier alpha value is -1.60. The van der Waals surface area contributed by atoms with E-state index in [-0.39, 0.29) is 11.6 Å². The van der Waals surface area contributed by atoms with E-state index in [9.17, 15) is 9.59 Å². The van der Waals surface area contributed by atoms with E-state index in [4.69, 9.17) is 0 Å². The fourth-order valence-electron chi connectivity index (χ4n) is 2.71. The normalized spacial score (nSPS) is 15.7. The first kappa shape index (κ1) is 14.3. The third-order valence-corrected chi connectivity index (χ3v) is 4.44. The van der Waals surface area contributed by atoms with Crippen molar-refractivity contribution in [3.63, 3.8) is 0 Å². The zero-order valence-corrected chi connectivity index (χ0v) is 13.0. The quantitative estimate of drug-likeness (QED) is 0.679. The molecule has 0 spiro atoms. The lowest BCUT2D eigenvalue weighted by molar-refractivity contribution is -0.115. The summed E-state index contributed by atoms with van der Waals surface area (Å²) in [4.78, 5) is 28.6. The molecule has 1 aromatic heterocycles. The molecule has 6 nitrogen and oxygen atoms in total. The second-order valence-corrected chi connectivity index (χ2v) is 6.22. The zero-order chi connectivity index (χ0) is 14.8. The van der Waals surface area contributed by atoms with E-state index in [2.05, 4.69) is 36.5 Å². The number of rotatable bonds is 4. The van der Waals surface area contributed by atoms with Gasteiger partial charge in [0.2, 0.25) is 5.91 Å². The average molecular weight is 353 g/mol. The minimum atomic E-state index is -0.261. The van der Waals surface area contributed by atoms with E-state index in [1.807, 2.05) is 0 Å². The predicted molar refractivity (Wildman–Crippen MR) is 85.5 cm³/mol. The summed E-state index contributed by atoms with van der Waals surface area (Å²) in [7, 11) is 0. The van der Waals surface area contributed by atoms with Crippen LogP contribution in [-0.4, -0.2) is 28.5 Å². The molecular weight excluding hydrogens is 336 g/mol. The number of H-pyrrole nitrogens is 2. The molecule has 2 aromatic rings. The lowest BCUT2D eigenvalue weighted by atomic mass is 10.2. The summed E-state index contributed by atoms with van der Waals surface area (Å²) in [6.07, 6.45) is 4.77. The topological polar surface area (TPSA) is 89.8 Å². The van der Waals surface area contributed by atoms with Crippen LogP contribution < -0.4 is 16.3 Å². The maximum Gasteiger partial charge on any atom is 0.323 e. The number of aromatic nitrogens is 2. The van der Waals surface area contributed by atoms with Crippen LogP contribution in [0.3, 0.4) is 0 Å². The van der Waals surface area contributed by atoms with Crippen molar-refractivity contribution in [3.05, 3.63) is 27.1 Å². The summed E-state index contributed by atoms with van der Waals surface area (Å²) in [5, 5.41) is 6.12. The Bertz CT molecular complexity index is 715. The minimum absolute atomic E-state index is 0.0835. The van der Waals surface area contributed by atoms with Crippen LogP contribution in [0.15, 0.2) is 21.4 Å². The van der Waals surface area contributed by atoms with E-state index in [1.165, 1.54) is 12.8 Å². The molecule has 0 bridgehead atoms. The number of anilines is 1. The molecule has 1 amide bonds. The van der Waals surface area contributed by atoms with E-state index in [0.717, 1.165) is 17.3 Å². The van der Waals surface area contributed by atoms with Gasteiger partial charge in [0, 0.05) is 10.5 Å². The molecule has 0 unspecified atom stereocenters. The maximum absolute atomic E-state index is 12.0. The molecule has 1 heterocycles. The number of nitrogens with one attached hydrogen (secondary N) is 4. The molecule has 4 N–H and O–H groups in total. The standard InChI is InChI=1S/C14H17BrN4O2/c15-9-5-11-12(19-14(21)18-11)6-10(9)17-13(20)7-16-8-3-1-2-4-8/h5-6,8,16H,1-4,7H2,(H,17,20)(H2,18,19,21). The van der Waals surface area contributed by atoms with Crippen molar-refractivity contribution in [3.8, 4) is 0 Å². The number of carbonyl (C=O) groups is 1. The molecule has 1 aliphatic carbocycles. The fraction of sp³-hybridized carbons (Fsp3) is 0.429. The number of amides is 1. The molecule has 21 heavy (non-hydrogen) atoms. The van der Waals surface area contributed by atoms with E-state index < -0.39 is 0 Å². The monoisotopic (exact) mass is 352 g/mol. The number of benzene rings is 1. The third-order valence-electron chi connectivity index (χ3n) is 3.78. The number of hydrogen-bond donors (Lipinski definition) is 4. The highest BCUT2D eigenvalue weighted by Crippen LogP contribution is 2.26. The Morgan fingerprint density at radius 2 is 1.90 bits per heavy atom. The van der Waals surface area contributed by atoms with E-state index in [1.54, 1.807) is 12.1 Å². The van der Waals surface area contributed by atoms with Crippen molar-refractivity contribution in [1.29, 1.82) is 0 Å². The summed E-state index contributed by atoms with van der Waals surface area (Å²) in [6.45, 7) is 0.304. The van der Waals surface area contributed by atoms with E-state index in [0.29, 0.717) is 29.3 Å². The second-order valence-electron chi connectivity index (χ2n) is 5.37. The van der Waals surface area contributed by atoms with Crippen LogP contribution in [0, 0.1) is 0 Å². The minimum Gasteiger partial charge on any atom is -0.324 e. The molecule has 1 saturated carbocycles. The Morgan fingerprint density at radius 1 is 1.24 bits per heavy atom. The number of hydrogen-bond acceptors (Lipinski definition) is 3. The second kappa shape index (κ2) is 6.03. The Balaban J connectivity index is 1.67. The van der Waals surface area contributed by atoms with Crippen molar-refractivity contribution >= 4 is 38.6 Å². The highest BCUT2D eigenvalue weighted by atomic mass is 79.9. The molecule has 0 saturated heterocycles. The van der Waals surface area contributed by atoms with Crippen molar-refractivity contribution < 1.29 is 4.79 Å². The van der Waals surface area contributed by atoms with Gasteiger partial charge in [0.1, 0.15) is 0 Å². The number of fused-ring (bicyclic) bond motifs is 1. The lowest BCUT2D eigenvalue weighted by Gasteiger charge is -2.12. The lowest BCUT2D eigenvalue weighted by Crippen LogP contribution is -2.34. The first-order chi connectivity index (χ1) is 10.1. The molecule has 0 radical (unpaired) electrons. The van der Waals surface area contributed by atoms with Crippen LogP contribution in [0.2, 0.25) is 0 Å². The summed E-state index contributed by atoms with van der Waals surface area (Å²) >= 11 is 3.40. The first-order valence-corrected chi connectivity index (χ1v) is 7.86. The number of carbonyl (C=O) groups excluding carboxylic acids is 1. The van der Waals surface area contributed by atoms with Crippen LogP contribution in [-0.2, 0) is 4.79 Å². The number of halogens is 1. The average Bonchev–Trinajstić information content (AvgIpc) is 3.05. The molecule has 1 aromatic carbocycles. The molecule has 3 rings (SSSR count). The van der Waals surface area contributed by atoms with Crippen molar-refractivity contribution in [2.75, 3.05) is 11.9 Å². The third kappa shape index (κ3) is 3.36. The van der Waals surface area contributed by atoms with Gasteiger partial charge in [-0.1, -0.05) is 12.8 Å². The summed E-state index contributed by atoms with van der Waals surface area (Å²) in [5.74, 6) is -0.0835. The SMILES string of the molecule is O=C(CNC1CCCC1)Nc1cc2[nH]c(=O)[nH]c2cc1Br. The van der Waals surface area contributed by atoms with Crippen LogP contribution in [0.1, 0.15) is 25.7 Å². The molecule has 1 aliphatic rings. The van der Waals surface area contributed by atoms with Gasteiger partial charge < -0.3 is 20.6 Å². The van der Waals surface area contributed by atoms with Crippen molar-refractivity contribution in [2.24, 2.45) is 0 Å². The Morgan fingerprint density at radius 3 is 2.62 bits per heavy atom. The predicted octanol–water partition coefficient (Wildman–Crippen LogP) is 2.09. The van der Waals surface area contributed by atoms with Gasteiger partial charge in [-0.2, -0.15) is 0 Å². The van der Waals surface area contributed by atoms with Gasteiger partial charge in [0.15, 0.2) is 0 Å². The van der Waals surface area contributed by atoms with Gasteiger partial charge in [0.25, 0.3) is 0 Å². The summed E-state index contributed by atoms with van der Waals surface area (Å²) in [5.41, 5.74) is 1.76. The number of aromatic amines is 2. The molecular formula is C14H17BrN4O2. The van der Waals surface area contributed by atoms with E-state index >= 15 is 0 Å². The van der Waals surface area contributed by atoms with Gasteiger partial charge >= 0.3 is 5.69 Å². The highest BCUT2D eigenvalue weighted by Gasteiger charge is 2.15. The van der Waals surface area contributed by atoms with Crippen LogP contribution in [0.25, 0.3) is 11.0 Å².